The number of halogens is 3. The molecule has 1 fully saturated rings. The number of nitrogens with zero attached hydrogens (tertiary/aromatic N) is 1. The van der Waals surface area contributed by atoms with Gasteiger partial charge in [-0.2, -0.15) is 13.2 Å². The predicted octanol–water partition coefficient (Wildman–Crippen LogP) is 4.39. The predicted molar refractivity (Wildman–Crippen MR) is 101 cm³/mol. The van der Waals surface area contributed by atoms with E-state index in [0.29, 0.717) is 6.54 Å². The Labute approximate surface area is 162 Å². The van der Waals surface area contributed by atoms with Crippen LogP contribution in [0.2, 0.25) is 0 Å². The normalized spacial score (nSPS) is 14.6. The number of alkyl halides is 3. The van der Waals surface area contributed by atoms with Crippen molar-refractivity contribution in [1.29, 1.82) is 0 Å². The number of hydrogen-bond acceptors (Lipinski definition) is 3. The Morgan fingerprint density at radius 2 is 1.75 bits per heavy atom. The summed E-state index contributed by atoms with van der Waals surface area (Å²) in [6.45, 7) is 2.14. The second-order valence-corrected chi connectivity index (χ2v) is 6.81. The van der Waals surface area contributed by atoms with Gasteiger partial charge in [0.05, 0.1) is 5.56 Å². The molecule has 1 heterocycles. The molecule has 2 aromatic carbocycles. The summed E-state index contributed by atoms with van der Waals surface area (Å²) in [6, 6.07) is 12.5. The highest BCUT2D eigenvalue weighted by Gasteiger charge is 2.30. The maximum atomic E-state index is 12.7. The van der Waals surface area contributed by atoms with Crippen molar-refractivity contribution in [2.75, 3.05) is 24.6 Å². The molecule has 2 aromatic rings. The average Bonchev–Trinajstić information content (AvgIpc) is 2.71. The standard InChI is InChI=1S/C21H23F3N2O2/c22-21(23,24)17-5-4-6-19(13-17)28-15-20(27)25-14-16-7-9-18(10-8-16)26-11-2-1-3-12-26/h4-10,13H,1-3,11-12,14-15H2,(H,25,27). The number of hydrogen-bond donors (Lipinski definition) is 1. The molecule has 0 bridgehead atoms. The van der Waals surface area contributed by atoms with Crippen LogP contribution in [0.4, 0.5) is 18.9 Å². The highest BCUT2D eigenvalue weighted by atomic mass is 19.4. The third-order valence-corrected chi connectivity index (χ3v) is 4.68. The lowest BCUT2D eigenvalue weighted by Gasteiger charge is -2.28. The van der Waals surface area contributed by atoms with E-state index in [9.17, 15) is 18.0 Å². The minimum absolute atomic E-state index is 0.0101. The van der Waals surface area contributed by atoms with Crippen molar-refractivity contribution in [3.63, 3.8) is 0 Å². The molecular weight excluding hydrogens is 369 g/mol. The molecule has 1 saturated heterocycles. The van der Waals surface area contributed by atoms with E-state index in [1.165, 1.54) is 37.1 Å². The Kier molecular flexibility index (Phi) is 6.44. The minimum atomic E-state index is -4.44. The summed E-state index contributed by atoms with van der Waals surface area (Å²) < 4.78 is 43.2. The Hall–Kier alpha value is -2.70. The Bertz CT molecular complexity index is 785. The quantitative estimate of drug-likeness (QED) is 0.793. The molecule has 0 radical (unpaired) electrons. The number of benzene rings is 2. The van der Waals surface area contributed by atoms with Crippen LogP contribution >= 0.6 is 0 Å². The van der Waals surface area contributed by atoms with Crippen LogP contribution in [0.5, 0.6) is 5.75 Å². The fourth-order valence-electron chi connectivity index (χ4n) is 3.14. The maximum absolute atomic E-state index is 12.7. The SMILES string of the molecule is O=C(COc1cccc(C(F)(F)F)c1)NCc1ccc(N2CCCCC2)cc1. The monoisotopic (exact) mass is 392 g/mol. The van der Waals surface area contributed by atoms with E-state index in [1.54, 1.807) is 0 Å². The second-order valence-electron chi connectivity index (χ2n) is 6.81. The van der Waals surface area contributed by atoms with Crippen LogP contribution in [-0.2, 0) is 17.5 Å². The molecule has 0 aromatic heterocycles. The number of carbonyl (C=O) groups excluding carboxylic acids is 1. The highest BCUT2D eigenvalue weighted by Crippen LogP contribution is 2.31. The molecule has 1 aliphatic rings. The number of amides is 1. The van der Waals surface area contributed by atoms with Gasteiger partial charge in [-0.25, -0.2) is 0 Å². The van der Waals surface area contributed by atoms with Gasteiger partial charge in [0.15, 0.2) is 6.61 Å². The van der Waals surface area contributed by atoms with E-state index in [4.69, 9.17) is 4.74 Å². The lowest BCUT2D eigenvalue weighted by Crippen LogP contribution is -2.29. The van der Waals surface area contributed by atoms with E-state index < -0.39 is 17.6 Å². The number of anilines is 1. The topological polar surface area (TPSA) is 41.6 Å². The summed E-state index contributed by atoms with van der Waals surface area (Å²) in [5.41, 5.74) is 1.33. The van der Waals surface area contributed by atoms with Gasteiger partial charge in [-0.15, -0.1) is 0 Å². The van der Waals surface area contributed by atoms with Crippen molar-refractivity contribution in [1.82, 2.24) is 5.32 Å². The molecule has 1 amide bonds. The Morgan fingerprint density at radius 3 is 2.43 bits per heavy atom. The zero-order chi connectivity index (χ0) is 20.0. The van der Waals surface area contributed by atoms with Gasteiger partial charge in [0, 0.05) is 25.3 Å². The summed E-state index contributed by atoms with van der Waals surface area (Å²) >= 11 is 0. The van der Waals surface area contributed by atoms with E-state index in [-0.39, 0.29) is 12.4 Å². The molecule has 0 saturated carbocycles. The van der Waals surface area contributed by atoms with E-state index in [2.05, 4.69) is 10.2 Å². The van der Waals surface area contributed by atoms with Crippen molar-refractivity contribution in [3.05, 3.63) is 59.7 Å². The molecule has 1 N–H and O–H groups in total. The largest absolute Gasteiger partial charge is 0.484 e. The van der Waals surface area contributed by atoms with Gasteiger partial charge in [0.1, 0.15) is 5.75 Å². The molecule has 0 spiro atoms. The van der Waals surface area contributed by atoms with Gasteiger partial charge >= 0.3 is 6.18 Å². The summed E-state index contributed by atoms with van der Waals surface area (Å²) in [5.74, 6) is -0.381. The van der Waals surface area contributed by atoms with Gasteiger partial charge in [-0.1, -0.05) is 18.2 Å². The van der Waals surface area contributed by atoms with Crippen molar-refractivity contribution in [2.24, 2.45) is 0 Å². The fourth-order valence-corrected chi connectivity index (χ4v) is 3.14. The molecule has 3 rings (SSSR count). The van der Waals surface area contributed by atoms with Crippen LogP contribution in [-0.4, -0.2) is 25.6 Å². The maximum Gasteiger partial charge on any atom is 0.416 e. The number of carbonyl (C=O) groups is 1. The van der Waals surface area contributed by atoms with Gasteiger partial charge in [-0.05, 0) is 55.2 Å². The number of nitrogens with one attached hydrogen (secondary N) is 1. The molecule has 0 atom stereocenters. The van der Waals surface area contributed by atoms with Crippen molar-refractivity contribution in [2.45, 2.75) is 32.0 Å². The zero-order valence-electron chi connectivity index (χ0n) is 15.5. The minimum Gasteiger partial charge on any atom is -0.484 e. The van der Waals surface area contributed by atoms with Gasteiger partial charge in [0.2, 0.25) is 0 Å². The van der Waals surface area contributed by atoms with Gasteiger partial charge in [0.25, 0.3) is 5.91 Å². The van der Waals surface area contributed by atoms with Crippen LogP contribution in [0.3, 0.4) is 0 Å². The first-order valence-corrected chi connectivity index (χ1v) is 9.32. The molecule has 28 heavy (non-hydrogen) atoms. The first-order valence-electron chi connectivity index (χ1n) is 9.32. The molecular formula is C21H23F3N2O2. The fraction of sp³-hybridized carbons (Fsp3) is 0.381. The van der Waals surface area contributed by atoms with Crippen LogP contribution in [0, 0.1) is 0 Å². The zero-order valence-corrected chi connectivity index (χ0v) is 15.5. The van der Waals surface area contributed by atoms with Crippen LogP contribution in [0.1, 0.15) is 30.4 Å². The Morgan fingerprint density at radius 1 is 1.04 bits per heavy atom. The summed E-state index contributed by atoms with van der Waals surface area (Å²) in [4.78, 5) is 14.3. The molecule has 4 nitrogen and oxygen atoms in total. The average molecular weight is 392 g/mol. The number of ether oxygens (including phenoxy) is 1. The van der Waals surface area contributed by atoms with Crippen molar-refractivity contribution < 1.29 is 22.7 Å². The first-order chi connectivity index (χ1) is 13.4. The van der Waals surface area contributed by atoms with E-state index >= 15 is 0 Å². The van der Waals surface area contributed by atoms with Gasteiger partial charge < -0.3 is 15.0 Å². The lowest BCUT2D eigenvalue weighted by atomic mass is 10.1. The van der Waals surface area contributed by atoms with Gasteiger partial charge in [-0.3, -0.25) is 4.79 Å². The third-order valence-electron chi connectivity index (χ3n) is 4.68. The molecule has 1 aliphatic heterocycles. The Balaban J connectivity index is 1.45. The number of piperidine rings is 1. The van der Waals surface area contributed by atoms with Crippen LogP contribution in [0.25, 0.3) is 0 Å². The number of rotatable bonds is 6. The smallest absolute Gasteiger partial charge is 0.416 e. The van der Waals surface area contributed by atoms with Crippen molar-refractivity contribution in [3.8, 4) is 5.75 Å². The van der Waals surface area contributed by atoms with Crippen molar-refractivity contribution >= 4 is 11.6 Å². The van der Waals surface area contributed by atoms with E-state index in [0.717, 1.165) is 30.8 Å². The summed E-state index contributed by atoms with van der Waals surface area (Å²) in [7, 11) is 0. The molecule has 7 heteroatoms. The molecule has 0 aliphatic carbocycles. The molecule has 0 unspecified atom stereocenters. The highest BCUT2D eigenvalue weighted by molar-refractivity contribution is 5.77. The van der Waals surface area contributed by atoms with Crippen LogP contribution in [0.15, 0.2) is 48.5 Å². The third kappa shape index (κ3) is 5.65. The first kappa shape index (κ1) is 20.0. The van der Waals surface area contributed by atoms with E-state index in [1.807, 2.05) is 24.3 Å². The van der Waals surface area contributed by atoms with Crippen LogP contribution < -0.4 is 15.0 Å². The summed E-state index contributed by atoms with van der Waals surface area (Å²) in [6.07, 6.45) is -0.738. The second kappa shape index (κ2) is 8.99. The molecule has 150 valence electrons. The summed E-state index contributed by atoms with van der Waals surface area (Å²) in [5, 5.41) is 2.71. The lowest BCUT2D eigenvalue weighted by molar-refractivity contribution is -0.137.